The largest absolute Gasteiger partial charge is 0.462 e. The number of halogens is 1. The van der Waals surface area contributed by atoms with Gasteiger partial charge in [0, 0.05) is 36.7 Å². The molecule has 30 heavy (non-hydrogen) atoms. The molecule has 1 aromatic heterocycles. The zero-order chi connectivity index (χ0) is 21.1. The summed E-state index contributed by atoms with van der Waals surface area (Å²) in [4.78, 5) is 30.6. The first-order valence-corrected chi connectivity index (χ1v) is 11.2. The summed E-state index contributed by atoms with van der Waals surface area (Å²) in [5.74, 6) is -0.702. The van der Waals surface area contributed by atoms with Gasteiger partial charge in [-0.2, -0.15) is 0 Å². The highest BCUT2D eigenvalue weighted by Crippen LogP contribution is 2.39. The number of hydrogen-bond donors (Lipinski definition) is 1. The summed E-state index contributed by atoms with van der Waals surface area (Å²) in [5.41, 5.74) is 2.58. The molecule has 1 N–H and O–H groups in total. The van der Waals surface area contributed by atoms with Crippen molar-refractivity contribution in [1.29, 1.82) is 0 Å². The van der Waals surface area contributed by atoms with Gasteiger partial charge in [0.2, 0.25) is 5.91 Å². The van der Waals surface area contributed by atoms with Gasteiger partial charge in [-0.25, -0.2) is 9.18 Å². The van der Waals surface area contributed by atoms with Gasteiger partial charge in [-0.3, -0.25) is 9.69 Å². The Labute approximate surface area is 179 Å². The smallest absolute Gasteiger partial charge is 0.341 e. The van der Waals surface area contributed by atoms with Crippen LogP contribution in [0.2, 0.25) is 0 Å². The van der Waals surface area contributed by atoms with Gasteiger partial charge in [0.05, 0.1) is 18.7 Å². The van der Waals surface area contributed by atoms with Crippen LogP contribution < -0.4 is 10.2 Å². The van der Waals surface area contributed by atoms with E-state index >= 15 is 0 Å². The molecule has 1 saturated heterocycles. The molecule has 1 fully saturated rings. The third-order valence-electron chi connectivity index (χ3n) is 5.59. The van der Waals surface area contributed by atoms with Crippen molar-refractivity contribution in [2.45, 2.75) is 26.2 Å². The number of benzene rings is 1. The van der Waals surface area contributed by atoms with Gasteiger partial charge in [0.25, 0.3) is 0 Å². The van der Waals surface area contributed by atoms with Crippen molar-refractivity contribution in [2.24, 2.45) is 0 Å². The van der Waals surface area contributed by atoms with Crippen molar-refractivity contribution in [3.63, 3.8) is 0 Å². The molecular weight excluding hydrogens is 405 g/mol. The maximum Gasteiger partial charge on any atom is 0.341 e. The van der Waals surface area contributed by atoms with E-state index in [1.807, 2.05) is 0 Å². The molecular formula is C22H26FN3O3S. The number of fused-ring (bicyclic) bond motifs is 1. The average molecular weight is 432 g/mol. The Hall–Kier alpha value is -2.45. The van der Waals surface area contributed by atoms with E-state index in [2.05, 4.69) is 15.1 Å². The Morgan fingerprint density at radius 2 is 1.87 bits per heavy atom. The number of piperazine rings is 1. The molecule has 4 rings (SSSR count). The highest BCUT2D eigenvalue weighted by molar-refractivity contribution is 7.17. The molecule has 6 nitrogen and oxygen atoms in total. The van der Waals surface area contributed by atoms with E-state index in [0.29, 0.717) is 17.2 Å². The Bertz CT molecular complexity index is 920. The van der Waals surface area contributed by atoms with Crippen LogP contribution in [-0.4, -0.2) is 56.1 Å². The Morgan fingerprint density at radius 1 is 1.13 bits per heavy atom. The number of carbonyl (C=O) groups is 2. The number of nitrogens with zero attached hydrogens (tertiary/aromatic N) is 2. The molecule has 0 atom stereocenters. The number of hydrogen-bond acceptors (Lipinski definition) is 6. The number of rotatable bonds is 6. The van der Waals surface area contributed by atoms with E-state index < -0.39 is 0 Å². The summed E-state index contributed by atoms with van der Waals surface area (Å²) < 4.78 is 18.3. The topological polar surface area (TPSA) is 61.9 Å². The first kappa shape index (κ1) is 20.8. The zero-order valence-corrected chi connectivity index (χ0v) is 17.9. The third kappa shape index (κ3) is 4.49. The molecule has 2 aliphatic rings. The van der Waals surface area contributed by atoms with Crippen LogP contribution in [0, 0.1) is 5.82 Å². The van der Waals surface area contributed by atoms with E-state index in [9.17, 15) is 14.0 Å². The molecule has 0 bridgehead atoms. The van der Waals surface area contributed by atoms with Crippen LogP contribution in [0.4, 0.5) is 15.1 Å². The van der Waals surface area contributed by atoms with E-state index in [-0.39, 0.29) is 24.2 Å². The molecule has 2 aromatic rings. The number of esters is 1. The van der Waals surface area contributed by atoms with Crippen molar-refractivity contribution in [3.8, 4) is 0 Å². The molecule has 2 heterocycles. The summed E-state index contributed by atoms with van der Waals surface area (Å²) in [7, 11) is 0. The minimum atomic E-state index is -0.347. The highest BCUT2D eigenvalue weighted by atomic mass is 32.1. The minimum absolute atomic E-state index is 0.115. The number of nitrogens with one attached hydrogen (secondary N) is 1. The average Bonchev–Trinajstić information content (AvgIpc) is 3.30. The fourth-order valence-corrected chi connectivity index (χ4v) is 5.39. The predicted molar refractivity (Wildman–Crippen MR) is 116 cm³/mol. The molecule has 8 heteroatoms. The van der Waals surface area contributed by atoms with Gasteiger partial charge in [0.1, 0.15) is 10.8 Å². The van der Waals surface area contributed by atoms with Gasteiger partial charge in [-0.05, 0) is 56.0 Å². The molecule has 0 saturated carbocycles. The lowest BCUT2D eigenvalue weighted by molar-refractivity contribution is -0.117. The van der Waals surface area contributed by atoms with Crippen LogP contribution >= 0.6 is 11.3 Å². The number of ether oxygens (including phenoxy) is 1. The van der Waals surface area contributed by atoms with E-state index in [4.69, 9.17) is 4.74 Å². The van der Waals surface area contributed by atoms with Crippen molar-refractivity contribution in [2.75, 3.05) is 49.5 Å². The summed E-state index contributed by atoms with van der Waals surface area (Å²) in [6, 6.07) is 6.50. The van der Waals surface area contributed by atoms with Crippen LogP contribution in [0.15, 0.2) is 24.3 Å². The molecule has 1 amide bonds. The van der Waals surface area contributed by atoms with Crippen LogP contribution in [0.3, 0.4) is 0 Å². The van der Waals surface area contributed by atoms with Crippen molar-refractivity contribution in [1.82, 2.24) is 4.90 Å². The van der Waals surface area contributed by atoms with Crippen LogP contribution in [0.25, 0.3) is 0 Å². The van der Waals surface area contributed by atoms with Crippen molar-refractivity contribution >= 4 is 33.9 Å². The van der Waals surface area contributed by atoms with Crippen LogP contribution in [0.5, 0.6) is 0 Å². The normalized spacial score (nSPS) is 16.4. The molecule has 160 valence electrons. The Morgan fingerprint density at radius 3 is 2.57 bits per heavy atom. The number of thiophene rings is 1. The Kier molecular flexibility index (Phi) is 6.34. The maximum atomic E-state index is 13.1. The third-order valence-corrected chi connectivity index (χ3v) is 6.79. The minimum Gasteiger partial charge on any atom is -0.462 e. The Balaban J connectivity index is 1.35. The second-order valence-corrected chi connectivity index (χ2v) is 8.67. The predicted octanol–water partition coefficient (Wildman–Crippen LogP) is 3.31. The van der Waals surface area contributed by atoms with Gasteiger partial charge in [0.15, 0.2) is 0 Å². The molecule has 1 aliphatic carbocycles. The standard InChI is InChI=1S/C22H26FN3O3S/c1-2-29-22(28)20-17-4-3-5-18(17)30-21(20)24-19(27)14-25-10-12-26(13-11-25)16-8-6-15(23)7-9-16/h6-9H,2-5,10-14H2,1H3,(H,24,27). The lowest BCUT2D eigenvalue weighted by atomic mass is 10.1. The van der Waals surface area contributed by atoms with Crippen molar-refractivity contribution < 1.29 is 18.7 Å². The van der Waals surface area contributed by atoms with E-state index in [1.165, 1.54) is 28.3 Å². The maximum absolute atomic E-state index is 13.1. The van der Waals surface area contributed by atoms with E-state index in [1.54, 1.807) is 19.1 Å². The summed E-state index contributed by atoms with van der Waals surface area (Å²) in [6.45, 7) is 5.43. The molecule has 1 aromatic carbocycles. The van der Waals surface area contributed by atoms with Crippen LogP contribution in [0.1, 0.15) is 34.1 Å². The quantitative estimate of drug-likeness (QED) is 0.711. The number of aryl methyl sites for hydroxylation is 1. The fraction of sp³-hybridized carbons (Fsp3) is 0.455. The van der Waals surface area contributed by atoms with Gasteiger partial charge in [-0.15, -0.1) is 11.3 Å². The first-order valence-electron chi connectivity index (χ1n) is 10.4. The van der Waals surface area contributed by atoms with E-state index in [0.717, 1.165) is 56.7 Å². The number of carbonyl (C=O) groups excluding carboxylic acids is 2. The van der Waals surface area contributed by atoms with Crippen LogP contribution in [-0.2, 0) is 22.4 Å². The fourth-order valence-electron chi connectivity index (χ4n) is 4.10. The highest BCUT2D eigenvalue weighted by Gasteiger charge is 2.29. The second kappa shape index (κ2) is 9.14. The second-order valence-electron chi connectivity index (χ2n) is 7.57. The lowest BCUT2D eigenvalue weighted by Gasteiger charge is -2.35. The summed E-state index contributed by atoms with van der Waals surface area (Å²) >= 11 is 1.50. The van der Waals surface area contributed by atoms with Crippen molar-refractivity contribution in [3.05, 3.63) is 46.1 Å². The summed E-state index contributed by atoms with van der Waals surface area (Å²) in [6.07, 6.45) is 2.86. The first-order chi connectivity index (χ1) is 14.5. The molecule has 0 unspecified atom stereocenters. The van der Waals surface area contributed by atoms with Gasteiger partial charge < -0.3 is 15.0 Å². The molecule has 1 aliphatic heterocycles. The zero-order valence-electron chi connectivity index (χ0n) is 17.1. The summed E-state index contributed by atoms with van der Waals surface area (Å²) in [5, 5.41) is 3.58. The molecule has 0 spiro atoms. The van der Waals surface area contributed by atoms with Gasteiger partial charge >= 0.3 is 5.97 Å². The molecule has 0 radical (unpaired) electrons. The SMILES string of the molecule is CCOC(=O)c1c(NC(=O)CN2CCN(c3ccc(F)cc3)CC2)sc2c1CCC2. The monoisotopic (exact) mass is 431 g/mol. The number of amides is 1. The van der Waals surface area contributed by atoms with Gasteiger partial charge in [-0.1, -0.05) is 0 Å². The lowest BCUT2D eigenvalue weighted by Crippen LogP contribution is -2.48. The number of anilines is 2.